The summed E-state index contributed by atoms with van der Waals surface area (Å²) < 4.78 is 143. The van der Waals surface area contributed by atoms with E-state index >= 15 is 0 Å². The van der Waals surface area contributed by atoms with Crippen LogP contribution >= 0.6 is 0 Å². The molecule has 1 unspecified atom stereocenters. The maximum absolute atomic E-state index is 13.7. The summed E-state index contributed by atoms with van der Waals surface area (Å²) >= 11 is 0. The molecule has 160 valence electrons. The summed E-state index contributed by atoms with van der Waals surface area (Å²) in [6.45, 7) is 0.290. The summed E-state index contributed by atoms with van der Waals surface area (Å²) in [5.41, 5.74) is -4.07. The first-order chi connectivity index (χ1) is 12.3. The highest BCUT2D eigenvalue weighted by atomic mass is 32.2. The molecule has 15 heteroatoms. The third kappa shape index (κ3) is 3.52. The van der Waals surface area contributed by atoms with Gasteiger partial charge in [-0.15, -0.1) is 0 Å². The average Bonchev–Trinajstić information content (AvgIpc) is 2.53. The SMILES string of the molecule is CC(OS(=O)(=O)C(F)(F)C(F)(F)C(F)(F)C(F)(F)F)(C(=O)O)c1ccccc1. The topological polar surface area (TPSA) is 80.7 Å². The van der Waals surface area contributed by atoms with Gasteiger partial charge >= 0.3 is 39.4 Å². The highest BCUT2D eigenvalue weighted by Gasteiger charge is 2.86. The van der Waals surface area contributed by atoms with Gasteiger partial charge < -0.3 is 5.11 Å². The first-order valence-electron chi connectivity index (χ1n) is 6.70. The Bertz CT molecular complexity index is 836. The number of aliphatic carboxylic acids is 1. The molecular weight excluding hydrogens is 439 g/mol. The molecule has 0 aliphatic carbocycles. The van der Waals surface area contributed by atoms with E-state index in [2.05, 4.69) is 4.18 Å². The van der Waals surface area contributed by atoms with Gasteiger partial charge in [0.2, 0.25) is 5.60 Å². The molecule has 1 aromatic rings. The molecule has 1 N–H and O–H groups in total. The lowest BCUT2D eigenvalue weighted by Crippen LogP contribution is -2.64. The maximum Gasteiger partial charge on any atom is 0.460 e. The van der Waals surface area contributed by atoms with E-state index in [9.17, 15) is 52.7 Å². The van der Waals surface area contributed by atoms with E-state index < -0.39 is 50.5 Å². The highest BCUT2D eigenvalue weighted by molar-refractivity contribution is 7.87. The number of alkyl halides is 9. The lowest BCUT2D eigenvalue weighted by atomic mass is 9.97. The molecule has 1 rings (SSSR count). The molecule has 0 bridgehead atoms. The Morgan fingerprint density at radius 2 is 1.32 bits per heavy atom. The van der Waals surface area contributed by atoms with Crippen molar-refractivity contribution in [2.45, 2.75) is 35.8 Å². The second-order valence-corrected chi connectivity index (χ2v) is 6.99. The summed E-state index contributed by atoms with van der Waals surface area (Å²) in [7, 11) is -7.36. The molecule has 0 fully saturated rings. The molecule has 0 aliphatic heterocycles. The highest BCUT2D eigenvalue weighted by Crippen LogP contribution is 2.55. The zero-order valence-corrected chi connectivity index (χ0v) is 14.1. The number of carboxylic acids is 1. The van der Waals surface area contributed by atoms with Gasteiger partial charge in [-0.2, -0.15) is 47.9 Å². The van der Waals surface area contributed by atoms with Gasteiger partial charge in [0.1, 0.15) is 0 Å². The van der Waals surface area contributed by atoms with Crippen molar-refractivity contribution >= 4 is 16.1 Å². The molecule has 1 aromatic carbocycles. The number of halogens is 9. The summed E-state index contributed by atoms with van der Waals surface area (Å²) in [5.74, 6) is -17.4. The third-order valence-corrected chi connectivity index (χ3v) is 4.88. The molecule has 0 saturated carbocycles. The van der Waals surface area contributed by atoms with Crippen LogP contribution in [0.1, 0.15) is 12.5 Å². The zero-order valence-electron chi connectivity index (χ0n) is 13.3. The number of benzene rings is 1. The fourth-order valence-electron chi connectivity index (χ4n) is 1.75. The maximum atomic E-state index is 13.7. The number of rotatable bonds is 7. The van der Waals surface area contributed by atoms with Crippen molar-refractivity contribution in [2.75, 3.05) is 0 Å². The minimum Gasteiger partial charge on any atom is -0.479 e. The molecule has 0 aromatic heterocycles. The van der Waals surface area contributed by atoms with E-state index in [0.717, 1.165) is 24.3 Å². The minimum atomic E-state index is -7.53. The minimum absolute atomic E-state index is 0.290. The Hall–Kier alpha value is -2.03. The van der Waals surface area contributed by atoms with E-state index in [-0.39, 0.29) is 0 Å². The van der Waals surface area contributed by atoms with Crippen molar-refractivity contribution in [1.29, 1.82) is 0 Å². The Balaban J connectivity index is 3.54. The van der Waals surface area contributed by atoms with Crippen molar-refractivity contribution in [2.24, 2.45) is 0 Å². The first-order valence-corrected chi connectivity index (χ1v) is 8.11. The Morgan fingerprint density at radius 3 is 1.68 bits per heavy atom. The second kappa shape index (κ2) is 6.79. The smallest absolute Gasteiger partial charge is 0.460 e. The number of carboxylic acid groups (broad SMARTS) is 1. The summed E-state index contributed by atoms with van der Waals surface area (Å²) in [6.07, 6.45) is -7.26. The molecule has 0 spiro atoms. The van der Waals surface area contributed by atoms with Crippen LogP contribution in [-0.2, 0) is 24.7 Å². The third-order valence-electron chi connectivity index (χ3n) is 3.44. The predicted molar refractivity (Wildman–Crippen MR) is 72.3 cm³/mol. The molecule has 5 nitrogen and oxygen atoms in total. The largest absolute Gasteiger partial charge is 0.479 e. The average molecular weight is 448 g/mol. The Labute approximate surface area is 150 Å². The Morgan fingerprint density at radius 1 is 0.893 bits per heavy atom. The molecule has 28 heavy (non-hydrogen) atoms. The molecule has 0 saturated heterocycles. The number of hydrogen-bond acceptors (Lipinski definition) is 4. The second-order valence-electron chi connectivity index (χ2n) is 5.41. The van der Waals surface area contributed by atoms with Crippen LogP contribution in [0.3, 0.4) is 0 Å². The van der Waals surface area contributed by atoms with Crippen LogP contribution in [0.2, 0.25) is 0 Å². The van der Waals surface area contributed by atoms with Crippen LogP contribution in [0.4, 0.5) is 39.5 Å². The Kier molecular flexibility index (Phi) is 5.82. The zero-order chi connectivity index (χ0) is 22.4. The van der Waals surface area contributed by atoms with Crippen molar-refractivity contribution in [1.82, 2.24) is 0 Å². The van der Waals surface area contributed by atoms with Gasteiger partial charge in [-0.3, -0.25) is 0 Å². The van der Waals surface area contributed by atoms with Gasteiger partial charge in [-0.1, -0.05) is 30.3 Å². The first kappa shape index (κ1) is 24.0. The van der Waals surface area contributed by atoms with Gasteiger partial charge in [0.05, 0.1) is 0 Å². The molecule has 1 atom stereocenters. The fourth-order valence-corrected chi connectivity index (χ4v) is 2.91. The van der Waals surface area contributed by atoms with Gasteiger partial charge in [0.15, 0.2) is 0 Å². The van der Waals surface area contributed by atoms with Crippen LogP contribution in [0, 0.1) is 0 Å². The van der Waals surface area contributed by atoms with Gasteiger partial charge in [0.25, 0.3) is 0 Å². The number of carbonyl (C=O) groups is 1. The van der Waals surface area contributed by atoms with Crippen molar-refractivity contribution in [3.05, 3.63) is 35.9 Å². The number of hydrogen-bond donors (Lipinski definition) is 1. The summed E-state index contributed by atoms with van der Waals surface area (Å²) in [5, 5.41) is 1.89. The van der Waals surface area contributed by atoms with Crippen molar-refractivity contribution < 1.29 is 62.0 Å². The van der Waals surface area contributed by atoms with Crippen molar-refractivity contribution in [3.63, 3.8) is 0 Å². The van der Waals surface area contributed by atoms with Gasteiger partial charge in [-0.05, 0) is 12.5 Å². The van der Waals surface area contributed by atoms with Gasteiger partial charge in [-0.25, -0.2) is 8.98 Å². The quantitative estimate of drug-likeness (QED) is 0.508. The van der Waals surface area contributed by atoms with Crippen LogP contribution < -0.4 is 0 Å². The molecule has 0 heterocycles. The predicted octanol–water partition coefficient (Wildman–Crippen LogP) is 3.76. The summed E-state index contributed by atoms with van der Waals surface area (Å²) in [4.78, 5) is 11.3. The van der Waals surface area contributed by atoms with Crippen LogP contribution in [0.5, 0.6) is 0 Å². The molecule has 0 amide bonds. The van der Waals surface area contributed by atoms with E-state index in [1.165, 1.54) is 6.07 Å². The van der Waals surface area contributed by atoms with E-state index in [0.29, 0.717) is 6.92 Å². The normalized spacial score (nSPS) is 16.5. The van der Waals surface area contributed by atoms with Gasteiger partial charge in [0, 0.05) is 0 Å². The lowest BCUT2D eigenvalue weighted by molar-refractivity contribution is -0.383. The van der Waals surface area contributed by atoms with E-state index in [1.807, 2.05) is 0 Å². The van der Waals surface area contributed by atoms with Crippen LogP contribution in [0.25, 0.3) is 0 Å². The molecule has 0 radical (unpaired) electrons. The monoisotopic (exact) mass is 448 g/mol. The van der Waals surface area contributed by atoms with Crippen LogP contribution in [-0.4, -0.2) is 42.8 Å². The van der Waals surface area contributed by atoms with Crippen LogP contribution in [0.15, 0.2) is 30.3 Å². The lowest BCUT2D eigenvalue weighted by Gasteiger charge is -2.34. The van der Waals surface area contributed by atoms with Crippen molar-refractivity contribution in [3.8, 4) is 0 Å². The van der Waals surface area contributed by atoms with E-state index in [1.54, 1.807) is 0 Å². The van der Waals surface area contributed by atoms with E-state index in [4.69, 9.17) is 5.11 Å². The standard InChI is InChI=1S/C13H9F9O5S/c1-9(8(23)24,7-5-3-2-4-6-7)27-28(25,26)13(21,22)11(16,17)10(14,15)12(18,19)20/h2-6H,1H3,(H,23,24). The fraction of sp³-hybridized carbons (Fsp3) is 0.462. The summed E-state index contributed by atoms with van der Waals surface area (Å²) in [6, 6.07) is 4.94. The molecule has 0 aliphatic rings. The molecular formula is C13H9F9O5S.